The minimum atomic E-state index is -1.35. The fourth-order valence-corrected chi connectivity index (χ4v) is 2.12. The third-order valence-electron chi connectivity index (χ3n) is 3.23. The van der Waals surface area contributed by atoms with Crippen molar-refractivity contribution in [2.45, 2.75) is 12.7 Å². The van der Waals surface area contributed by atoms with Crippen LogP contribution < -0.4 is 10.6 Å². The number of halogens is 2. The van der Waals surface area contributed by atoms with Crippen molar-refractivity contribution in [2.24, 2.45) is 0 Å². The van der Waals surface area contributed by atoms with Crippen LogP contribution in [0.3, 0.4) is 0 Å². The van der Waals surface area contributed by atoms with Crippen LogP contribution in [0.4, 0.5) is 14.6 Å². The molecule has 0 spiro atoms. The SMILES string of the molecule is CNCC(F)c1nc2c(NCc3ncccc3F)nccc2o1. The Labute approximate surface area is 131 Å². The molecule has 3 aromatic rings. The highest BCUT2D eigenvalue weighted by molar-refractivity contribution is 5.83. The van der Waals surface area contributed by atoms with Crippen molar-refractivity contribution in [3.8, 4) is 0 Å². The van der Waals surface area contributed by atoms with Gasteiger partial charge in [0.2, 0.25) is 5.89 Å². The van der Waals surface area contributed by atoms with Crippen LogP contribution in [0, 0.1) is 5.82 Å². The third kappa shape index (κ3) is 3.26. The molecule has 0 saturated heterocycles. The molecule has 6 nitrogen and oxygen atoms in total. The van der Waals surface area contributed by atoms with Gasteiger partial charge in [0.25, 0.3) is 0 Å². The van der Waals surface area contributed by atoms with Crippen molar-refractivity contribution in [1.29, 1.82) is 0 Å². The second-order valence-corrected chi connectivity index (χ2v) is 4.87. The topological polar surface area (TPSA) is 75.9 Å². The third-order valence-corrected chi connectivity index (χ3v) is 3.23. The van der Waals surface area contributed by atoms with E-state index in [4.69, 9.17) is 4.42 Å². The van der Waals surface area contributed by atoms with E-state index in [1.165, 1.54) is 24.5 Å². The summed E-state index contributed by atoms with van der Waals surface area (Å²) >= 11 is 0. The van der Waals surface area contributed by atoms with Gasteiger partial charge in [-0.05, 0) is 19.2 Å². The molecule has 0 saturated carbocycles. The second-order valence-electron chi connectivity index (χ2n) is 4.87. The molecule has 1 unspecified atom stereocenters. The van der Waals surface area contributed by atoms with Crippen LogP contribution >= 0.6 is 0 Å². The molecule has 0 aromatic carbocycles. The molecule has 0 fully saturated rings. The summed E-state index contributed by atoms with van der Waals surface area (Å²) in [5, 5.41) is 5.68. The molecule has 0 aliphatic heterocycles. The molecule has 3 aromatic heterocycles. The Morgan fingerprint density at radius 2 is 2.13 bits per heavy atom. The van der Waals surface area contributed by atoms with Gasteiger partial charge in [-0.25, -0.2) is 18.7 Å². The number of rotatable bonds is 6. The average Bonchev–Trinajstić information content (AvgIpc) is 2.99. The molecule has 1 atom stereocenters. The summed E-state index contributed by atoms with van der Waals surface area (Å²) in [6.45, 7) is 0.235. The van der Waals surface area contributed by atoms with Gasteiger partial charge in [0.15, 0.2) is 23.1 Å². The first-order valence-electron chi connectivity index (χ1n) is 7.06. The van der Waals surface area contributed by atoms with E-state index in [0.717, 1.165) is 0 Å². The summed E-state index contributed by atoms with van der Waals surface area (Å²) in [7, 11) is 1.64. The first-order valence-corrected chi connectivity index (χ1v) is 7.06. The molecular formula is C15H15F2N5O. The Hall–Kier alpha value is -2.61. The van der Waals surface area contributed by atoms with Gasteiger partial charge in [0.05, 0.1) is 12.2 Å². The maximum absolute atomic E-state index is 13.9. The van der Waals surface area contributed by atoms with Gasteiger partial charge in [-0.15, -0.1) is 0 Å². The van der Waals surface area contributed by atoms with E-state index in [-0.39, 0.29) is 24.7 Å². The number of likely N-dealkylation sites (N-methyl/N-ethyl adjacent to an activating group) is 1. The zero-order valence-electron chi connectivity index (χ0n) is 12.4. The lowest BCUT2D eigenvalue weighted by molar-refractivity contribution is 0.277. The first kappa shape index (κ1) is 15.3. The number of nitrogens with one attached hydrogen (secondary N) is 2. The van der Waals surface area contributed by atoms with E-state index in [1.54, 1.807) is 13.1 Å². The summed E-state index contributed by atoms with van der Waals surface area (Å²) in [4.78, 5) is 12.2. The largest absolute Gasteiger partial charge is 0.437 e. The Kier molecular flexibility index (Phi) is 4.42. The second kappa shape index (κ2) is 6.66. The van der Waals surface area contributed by atoms with Gasteiger partial charge in [-0.3, -0.25) is 4.98 Å². The standard InChI is InChI=1S/C15H15F2N5O/c1-18-7-10(17)15-22-13-12(23-15)4-6-20-14(13)21-8-11-9(16)3-2-5-19-11/h2-6,10,18H,7-8H2,1H3,(H,20,21). The number of aromatic nitrogens is 3. The number of anilines is 1. The van der Waals surface area contributed by atoms with Gasteiger partial charge in [0, 0.05) is 25.0 Å². The number of hydrogen-bond donors (Lipinski definition) is 2. The molecule has 0 amide bonds. The highest BCUT2D eigenvalue weighted by atomic mass is 19.1. The number of pyridine rings is 2. The molecule has 23 heavy (non-hydrogen) atoms. The molecule has 0 aliphatic rings. The van der Waals surface area contributed by atoms with Crippen LogP contribution in [-0.4, -0.2) is 28.5 Å². The monoisotopic (exact) mass is 319 g/mol. The van der Waals surface area contributed by atoms with E-state index in [9.17, 15) is 8.78 Å². The fraction of sp³-hybridized carbons (Fsp3) is 0.267. The van der Waals surface area contributed by atoms with Crippen LogP contribution in [0.25, 0.3) is 11.1 Å². The summed E-state index contributed by atoms with van der Waals surface area (Å²) in [6.07, 6.45) is 1.67. The maximum Gasteiger partial charge on any atom is 0.231 e. The number of alkyl halides is 1. The normalized spacial score (nSPS) is 12.5. The zero-order chi connectivity index (χ0) is 16.2. The Balaban J connectivity index is 1.85. The molecule has 8 heteroatoms. The summed E-state index contributed by atoms with van der Waals surface area (Å²) in [5.74, 6) is -0.0421. The molecule has 0 bridgehead atoms. The maximum atomic E-state index is 13.9. The summed E-state index contributed by atoms with van der Waals surface area (Å²) < 4.78 is 32.9. The molecular weight excluding hydrogens is 304 g/mol. The van der Waals surface area contributed by atoms with E-state index in [2.05, 4.69) is 25.6 Å². The fourth-order valence-electron chi connectivity index (χ4n) is 2.12. The van der Waals surface area contributed by atoms with Crippen LogP contribution in [0.15, 0.2) is 35.0 Å². The van der Waals surface area contributed by atoms with Gasteiger partial charge in [-0.1, -0.05) is 0 Å². The summed E-state index contributed by atoms with van der Waals surface area (Å²) in [5.41, 5.74) is 1.07. The van der Waals surface area contributed by atoms with Crippen molar-refractivity contribution in [1.82, 2.24) is 20.3 Å². The molecule has 120 valence electrons. The summed E-state index contributed by atoms with van der Waals surface area (Å²) in [6, 6.07) is 4.45. The lowest BCUT2D eigenvalue weighted by Gasteiger charge is -2.05. The number of nitrogens with zero attached hydrogens (tertiary/aromatic N) is 3. The van der Waals surface area contributed by atoms with E-state index < -0.39 is 12.0 Å². The Morgan fingerprint density at radius 1 is 1.26 bits per heavy atom. The van der Waals surface area contributed by atoms with Crippen molar-refractivity contribution >= 4 is 16.9 Å². The lowest BCUT2D eigenvalue weighted by atomic mass is 10.3. The number of oxazole rings is 1. The van der Waals surface area contributed by atoms with Gasteiger partial charge < -0.3 is 15.1 Å². The quantitative estimate of drug-likeness (QED) is 0.727. The molecule has 3 rings (SSSR count). The molecule has 0 radical (unpaired) electrons. The average molecular weight is 319 g/mol. The Morgan fingerprint density at radius 3 is 2.91 bits per heavy atom. The van der Waals surface area contributed by atoms with Crippen molar-refractivity contribution in [3.05, 3.63) is 48.0 Å². The Bertz CT molecular complexity index is 807. The van der Waals surface area contributed by atoms with Crippen LogP contribution in [0.1, 0.15) is 17.8 Å². The van der Waals surface area contributed by atoms with Gasteiger partial charge in [-0.2, -0.15) is 0 Å². The first-order chi connectivity index (χ1) is 11.2. The zero-order valence-corrected chi connectivity index (χ0v) is 12.4. The predicted molar refractivity (Wildman–Crippen MR) is 81.1 cm³/mol. The highest BCUT2D eigenvalue weighted by Crippen LogP contribution is 2.26. The predicted octanol–water partition coefficient (Wildman–Crippen LogP) is 2.60. The molecule has 0 aliphatic carbocycles. The van der Waals surface area contributed by atoms with Gasteiger partial charge >= 0.3 is 0 Å². The van der Waals surface area contributed by atoms with Crippen molar-refractivity contribution in [2.75, 3.05) is 18.9 Å². The highest BCUT2D eigenvalue weighted by Gasteiger charge is 2.18. The molecule has 3 heterocycles. The minimum Gasteiger partial charge on any atom is -0.437 e. The lowest BCUT2D eigenvalue weighted by Crippen LogP contribution is -2.13. The van der Waals surface area contributed by atoms with E-state index in [1.807, 2.05) is 0 Å². The van der Waals surface area contributed by atoms with E-state index in [0.29, 0.717) is 16.9 Å². The smallest absolute Gasteiger partial charge is 0.231 e. The van der Waals surface area contributed by atoms with Crippen LogP contribution in [-0.2, 0) is 6.54 Å². The van der Waals surface area contributed by atoms with Crippen molar-refractivity contribution in [3.63, 3.8) is 0 Å². The van der Waals surface area contributed by atoms with Crippen LogP contribution in [0.5, 0.6) is 0 Å². The minimum absolute atomic E-state index is 0.0191. The number of fused-ring (bicyclic) bond motifs is 1. The van der Waals surface area contributed by atoms with Crippen molar-refractivity contribution < 1.29 is 13.2 Å². The van der Waals surface area contributed by atoms with Gasteiger partial charge in [0.1, 0.15) is 5.82 Å². The van der Waals surface area contributed by atoms with Crippen LogP contribution in [0.2, 0.25) is 0 Å². The van der Waals surface area contributed by atoms with E-state index >= 15 is 0 Å². The number of hydrogen-bond acceptors (Lipinski definition) is 6. The molecule has 2 N–H and O–H groups in total.